The maximum atomic E-state index is 11.8. The molecule has 0 aromatic heterocycles. The molecule has 0 saturated carbocycles. The van der Waals surface area contributed by atoms with Gasteiger partial charge in [-0.15, -0.1) is 0 Å². The first kappa shape index (κ1) is 18.9. The summed E-state index contributed by atoms with van der Waals surface area (Å²) < 4.78 is 0. The van der Waals surface area contributed by atoms with Crippen LogP contribution in [-0.4, -0.2) is 40.5 Å². The molecule has 1 aromatic rings. The summed E-state index contributed by atoms with van der Waals surface area (Å²) in [5, 5.41) is 22.2. The SMILES string of the molecule is NC(N)=NCCCC(=O)N[C@@H](Cc1ccc([N+](=O)[O-])cc1)C(=O)O. The van der Waals surface area contributed by atoms with E-state index in [1.807, 2.05) is 0 Å². The molecular weight excluding hydrogens is 318 g/mol. The Morgan fingerprint density at radius 1 is 1.29 bits per heavy atom. The van der Waals surface area contributed by atoms with Gasteiger partial charge in [-0.25, -0.2) is 4.79 Å². The fourth-order valence-electron chi connectivity index (χ4n) is 1.90. The Bertz CT molecular complexity index is 625. The maximum absolute atomic E-state index is 11.8. The van der Waals surface area contributed by atoms with Crippen LogP contribution in [0.25, 0.3) is 0 Å². The molecule has 0 unspecified atom stereocenters. The Morgan fingerprint density at radius 3 is 2.42 bits per heavy atom. The standard InChI is InChI=1S/C14H19N5O5/c15-14(16)17-7-1-2-12(20)18-11(13(21)22)8-9-3-5-10(6-4-9)19(23)24/h3-6,11H,1-2,7-8H2,(H,18,20)(H,21,22)(H4,15,16,17)/t11-/m0/s1. The summed E-state index contributed by atoms with van der Waals surface area (Å²) in [5.41, 5.74) is 10.8. The number of nitrogens with zero attached hydrogens (tertiary/aromatic N) is 2. The van der Waals surface area contributed by atoms with Crippen molar-refractivity contribution >= 4 is 23.5 Å². The first-order chi connectivity index (χ1) is 11.3. The first-order valence-electron chi connectivity index (χ1n) is 7.10. The van der Waals surface area contributed by atoms with Crippen LogP contribution in [0.5, 0.6) is 0 Å². The van der Waals surface area contributed by atoms with E-state index in [9.17, 15) is 24.8 Å². The number of rotatable bonds is 9. The number of nitrogens with one attached hydrogen (secondary N) is 1. The molecule has 0 aliphatic carbocycles. The highest BCUT2D eigenvalue weighted by atomic mass is 16.6. The number of carbonyl (C=O) groups excluding carboxylic acids is 1. The summed E-state index contributed by atoms with van der Waals surface area (Å²) in [4.78, 5) is 36.8. The first-order valence-corrected chi connectivity index (χ1v) is 7.10. The number of guanidine groups is 1. The van der Waals surface area contributed by atoms with E-state index in [4.69, 9.17) is 11.5 Å². The molecule has 0 spiro atoms. The molecule has 0 fully saturated rings. The topological polar surface area (TPSA) is 174 Å². The molecule has 1 aromatic carbocycles. The fourth-order valence-corrected chi connectivity index (χ4v) is 1.90. The molecule has 0 heterocycles. The van der Waals surface area contributed by atoms with E-state index in [1.165, 1.54) is 24.3 Å². The highest BCUT2D eigenvalue weighted by molar-refractivity contribution is 5.83. The number of amides is 1. The van der Waals surface area contributed by atoms with E-state index in [1.54, 1.807) is 0 Å². The number of nitro benzene ring substituents is 1. The second-order valence-corrected chi connectivity index (χ2v) is 5.00. The number of nitro groups is 1. The average Bonchev–Trinajstić information content (AvgIpc) is 2.51. The van der Waals surface area contributed by atoms with Gasteiger partial charge in [0.05, 0.1) is 4.92 Å². The predicted molar refractivity (Wildman–Crippen MR) is 86.3 cm³/mol. The van der Waals surface area contributed by atoms with Crippen LogP contribution in [0.1, 0.15) is 18.4 Å². The molecule has 1 rings (SSSR count). The van der Waals surface area contributed by atoms with Gasteiger partial charge in [-0.2, -0.15) is 0 Å². The highest BCUT2D eigenvalue weighted by Gasteiger charge is 2.20. The molecule has 0 bridgehead atoms. The van der Waals surface area contributed by atoms with E-state index in [2.05, 4.69) is 10.3 Å². The van der Waals surface area contributed by atoms with E-state index in [0.717, 1.165) is 0 Å². The Labute approximate surface area is 137 Å². The zero-order valence-corrected chi connectivity index (χ0v) is 12.8. The number of aliphatic carboxylic acids is 1. The van der Waals surface area contributed by atoms with E-state index >= 15 is 0 Å². The molecule has 10 nitrogen and oxygen atoms in total. The van der Waals surface area contributed by atoms with Crippen molar-refractivity contribution in [2.24, 2.45) is 16.5 Å². The molecule has 0 saturated heterocycles. The van der Waals surface area contributed by atoms with Gasteiger partial charge in [-0.05, 0) is 12.0 Å². The molecule has 0 aliphatic rings. The number of hydrogen-bond acceptors (Lipinski definition) is 5. The Balaban J connectivity index is 2.57. The average molecular weight is 337 g/mol. The van der Waals surface area contributed by atoms with Gasteiger partial charge in [-0.3, -0.25) is 19.9 Å². The number of nitrogens with two attached hydrogens (primary N) is 2. The lowest BCUT2D eigenvalue weighted by Gasteiger charge is -2.14. The minimum Gasteiger partial charge on any atom is -0.480 e. The second kappa shape index (κ2) is 9.08. The van der Waals surface area contributed by atoms with Gasteiger partial charge < -0.3 is 21.9 Å². The van der Waals surface area contributed by atoms with E-state index in [-0.39, 0.29) is 31.0 Å². The molecule has 130 valence electrons. The summed E-state index contributed by atoms with van der Waals surface area (Å²) in [6.07, 6.45) is 0.487. The molecule has 0 aliphatic heterocycles. The molecule has 6 N–H and O–H groups in total. The molecule has 24 heavy (non-hydrogen) atoms. The van der Waals surface area contributed by atoms with Crippen molar-refractivity contribution in [3.05, 3.63) is 39.9 Å². The maximum Gasteiger partial charge on any atom is 0.326 e. The summed E-state index contributed by atoms with van der Waals surface area (Å²) in [6, 6.07) is 4.36. The van der Waals surface area contributed by atoms with Crippen molar-refractivity contribution < 1.29 is 19.6 Å². The van der Waals surface area contributed by atoms with Gasteiger partial charge in [0, 0.05) is 31.5 Å². The predicted octanol–water partition coefficient (Wildman–Crippen LogP) is -0.240. The van der Waals surface area contributed by atoms with Gasteiger partial charge in [0.2, 0.25) is 5.91 Å². The fraction of sp³-hybridized carbons (Fsp3) is 0.357. The minimum absolute atomic E-state index is 0.0208. The largest absolute Gasteiger partial charge is 0.480 e. The number of non-ortho nitro benzene ring substituents is 1. The van der Waals surface area contributed by atoms with Crippen molar-refractivity contribution in [2.45, 2.75) is 25.3 Å². The number of carboxylic acid groups (broad SMARTS) is 1. The molecule has 0 radical (unpaired) electrons. The summed E-state index contributed by atoms with van der Waals surface area (Å²) in [7, 11) is 0. The molecule has 1 amide bonds. The normalized spacial score (nSPS) is 11.3. The van der Waals surface area contributed by atoms with Crippen molar-refractivity contribution in [3.8, 4) is 0 Å². The smallest absolute Gasteiger partial charge is 0.326 e. The van der Waals surface area contributed by atoms with Crippen LogP contribution < -0.4 is 16.8 Å². The Morgan fingerprint density at radius 2 is 1.92 bits per heavy atom. The number of aliphatic imine (C=N–C) groups is 1. The minimum atomic E-state index is -1.19. The summed E-state index contributed by atoms with van der Waals surface area (Å²) in [6.45, 7) is 0.274. The van der Waals surface area contributed by atoms with Crippen LogP contribution in [0.2, 0.25) is 0 Å². The van der Waals surface area contributed by atoms with Crippen LogP contribution >= 0.6 is 0 Å². The van der Waals surface area contributed by atoms with Crippen LogP contribution in [-0.2, 0) is 16.0 Å². The third-order valence-electron chi connectivity index (χ3n) is 3.08. The van der Waals surface area contributed by atoms with Gasteiger partial charge in [-0.1, -0.05) is 12.1 Å². The zero-order valence-electron chi connectivity index (χ0n) is 12.8. The summed E-state index contributed by atoms with van der Waals surface area (Å²) in [5.74, 6) is -1.70. The molecule has 10 heteroatoms. The van der Waals surface area contributed by atoms with Crippen LogP contribution in [0, 0.1) is 10.1 Å². The number of carbonyl (C=O) groups is 2. The molecule has 1 atom stereocenters. The van der Waals surface area contributed by atoms with E-state index < -0.39 is 22.8 Å². The third kappa shape index (κ3) is 6.73. The lowest BCUT2D eigenvalue weighted by Crippen LogP contribution is -2.42. The number of hydrogen-bond donors (Lipinski definition) is 4. The molecular formula is C14H19N5O5. The van der Waals surface area contributed by atoms with Crippen LogP contribution in [0.4, 0.5) is 5.69 Å². The zero-order chi connectivity index (χ0) is 18.1. The van der Waals surface area contributed by atoms with Crippen molar-refractivity contribution in [3.63, 3.8) is 0 Å². The van der Waals surface area contributed by atoms with Crippen molar-refractivity contribution in [1.29, 1.82) is 0 Å². The highest BCUT2D eigenvalue weighted by Crippen LogP contribution is 2.13. The monoisotopic (exact) mass is 337 g/mol. The van der Waals surface area contributed by atoms with E-state index in [0.29, 0.717) is 12.0 Å². The number of carboxylic acids is 1. The lowest BCUT2D eigenvalue weighted by atomic mass is 10.1. The van der Waals surface area contributed by atoms with Crippen molar-refractivity contribution in [1.82, 2.24) is 5.32 Å². The van der Waals surface area contributed by atoms with Gasteiger partial charge >= 0.3 is 5.97 Å². The van der Waals surface area contributed by atoms with Gasteiger partial charge in [0.25, 0.3) is 5.69 Å². The second-order valence-electron chi connectivity index (χ2n) is 5.00. The Hall–Kier alpha value is -3.17. The lowest BCUT2D eigenvalue weighted by molar-refractivity contribution is -0.384. The van der Waals surface area contributed by atoms with Crippen LogP contribution in [0.15, 0.2) is 29.3 Å². The van der Waals surface area contributed by atoms with Gasteiger partial charge in [0.1, 0.15) is 6.04 Å². The van der Waals surface area contributed by atoms with Gasteiger partial charge in [0.15, 0.2) is 5.96 Å². The summed E-state index contributed by atoms with van der Waals surface area (Å²) >= 11 is 0. The Kier molecular flexibility index (Phi) is 7.14. The number of benzene rings is 1. The van der Waals surface area contributed by atoms with Crippen LogP contribution in [0.3, 0.4) is 0 Å². The van der Waals surface area contributed by atoms with Crippen molar-refractivity contribution in [2.75, 3.05) is 6.54 Å². The quantitative estimate of drug-likeness (QED) is 0.158. The third-order valence-corrected chi connectivity index (χ3v) is 3.08.